The maximum atomic E-state index is 13.3. The second-order valence-electron chi connectivity index (χ2n) is 7.43. The van der Waals surface area contributed by atoms with Crippen molar-refractivity contribution in [2.45, 2.75) is 11.4 Å². The molecular formula is C25H20F2N4O2S. The van der Waals surface area contributed by atoms with E-state index in [1.807, 2.05) is 24.3 Å². The maximum Gasteiger partial charge on any atom is 0.237 e. The van der Waals surface area contributed by atoms with Crippen molar-refractivity contribution in [2.24, 2.45) is 5.73 Å². The van der Waals surface area contributed by atoms with Gasteiger partial charge in [0.25, 0.3) is 0 Å². The zero-order valence-corrected chi connectivity index (χ0v) is 18.8. The predicted molar refractivity (Wildman–Crippen MR) is 128 cm³/mol. The van der Waals surface area contributed by atoms with Gasteiger partial charge in [0.2, 0.25) is 11.8 Å². The Balaban J connectivity index is 1.58. The van der Waals surface area contributed by atoms with Crippen molar-refractivity contribution in [3.05, 3.63) is 84.4 Å². The quantitative estimate of drug-likeness (QED) is 0.375. The zero-order valence-electron chi connectivity index (χ0n) is 17.9. The molecule has 2 amide bonds. The number of nitrogens with two attached hydrogens (primary N) is 1. The van der Waals surface area contributed by atoms with Crippen LogP contribution in [0.2, 0.25) is 0 Å². The molecule has 0 saturated heterocycles. The first-order valence-electron chi connectivity index (χ1n) is 10.4. The number of rotatable bonds is 8. The molecule has 9 heteroatoms. The molecule has 0 aliphatic carbocycles. The number of carbonyl (C=O) groups excluding carboxylic acids is 2. The van der Waals surface area contributed by atoms with E-state index in [1.165, 1.54) is 53.1 Å². The third-order valence-corrected chi connectivity index (χ3v) is 6.09. The monoisotopic (exact) mass is 478 g/mol. The first kappa shape index (κ1) is 23.3. The molecule has 2 N–H and O–H groups in total. The van der Waals surface area contributed by atoms with Gasteiger partial charge in [-0.3, -0.25) is 9.59 Å². The number of anilines is 1. The largest absolute Gasteiger partial charge is 0.370 e. The van der Waals surface area contributed by atoms with Crippen LogP contribution in [0.5, 0.6) is 0 Å². The molecule has 34 heavy (non-hydrogen) atoms. The molecule has 0 unspecified atom stereocenters. The lowest BCUT2D eigenvalue weighted by molar-refractivity contribution is -0.118. The normalized spacial score (nSPS) is 10.9. The van der Waals surface area contributed by atoms with E-state index in [4.69, 9.17) is 5.73 Å². The Kier molecular flexibility index (Phi) is 7.12. The van der Waals surface area contributed by atoms with Crippen LogP contribution in [0.1, 0.15) is 6.42 Å². The number of hydrogen-bond donors (Lipinski definition) is 1. The van der Waals surface area contributed by atoms with E-state index in [9.17, 15) is 18.4 Å². The molecule has 0 bridgehead atoms. The first-order valence-corrected chi connectivity index (χ1v) is 11.4. The summed E-state index contributed by atoms with van der Waals surface area (Å²) in [5.41, 5.74) is 7.07. The van der Waals surface area contributed by atoms with Crippen molar-refractivity contribution in [1.82, 2.24) is 10.2 Å². The topological polar surface area (TPSA) is 89.2 Å². The van der Waals surface area contributed by atoms with Crippen molar-refractivity contribution in [3.63, 3.8) is 0 Å². The van der Waals surface area contributed by atoms with Gasteiger partial charge in [0, 0.05) is 35.0 Å². The van der Waals surface area contributed by atoms with Crippen molar-refractivity contribution < 1.29 is 18.4 Å². The number of nitrogens with zero attached hydrogens (tertiary/aromatic N) is 3. The minimum Gasteiger partial charge on any atom is -0.370 e. The Bertz CT molecular complexity index is 1330. The number of benzene rings is 3. The number of amides is 2. The van der Waals surface area contributed by atoms with Crippen LogP contribution in [0.4, 0.5) is 14.5 Å². The Morgan fingerprint density at radius 1 is 0.853 bits per heavy atom. The van der Waals surface area contributed by atoms with Gasteiger partial charge < -0.3 is 10.6 Å². The van der Waals surface area contributed by atoms with Crippen LogP contribution in [0.25, 0.3) is 22.0 Å². The fourth-order valence-corrected chi connectivity index (χ4v) is 4.30. The van der Waals surface area contributed by atoms with E-state index in [0.717, 1.165) is 16.3 Å². The van der Waals surface area contributed by atoms with Gasteiger partial charge >= 0.3 is 0 Å². The number of carbonyl (C=O) groups is 2. The number of primary amides is 1. The molecule has 4 rings (SSSR count). The average molecular weight is 479 g/mol. The van der Waals surface area contributed by atoms with Crippen LogP contribution in [0, 0.1) is 11.6 Å². The molecule has 0 atom stereocenters. The molecule has 6 nitrogen and oxygen atoms in total. The van der Waals surface area contributed by atoms with Crippen LogP contribution in [-0.4, -0.2) is 34.3 Å². The summed E-state index contributed by atoms with van der Waals surface area (Å²) in [6.07, 6.45) is -0.0249. The summed E-state index contributed by atoms with van der Waals surface area (Å²) in [5.74, 6) is -1.57. The smallest absolute Gasteiger partial charge is 0.237 e. The number of aromatic nitrogens is 2. The Hall–Kier alpha value is -3.85. The third kappa shape index (κ3) is 5.37. The molecule has 0 aliphatic heterocycles. The van der Waals surface area contributed by atoms with E-state index in [-0.39, 0.29) is 30.4 Å². The molecule has 172 valence electrons. The fraction of sp³-hybridized carbons (Fsp3) is 0.120. The fourth-order valence-electron chi connectivity index (χ4n) is 3.46. The Labute approximate surface area is 198 Å². The number of fused-ring (bicyclic) bond motifs is 1. The second kappa shape index (κ2) is 10.4. The SMILES string of the molecule is NC(=O)CCN(C(=O)CSc1nnc(-c2ccc(F)cc2)c2ccccc12)c1ccc(F)cc1. The molecule has 0 aliphatic rings. The van der Waals surface area contributed by atoms with Crippen LogP contribution in [0.15, 0.2) is 77.8 Å². The summed E-state index contributed by atoms with van der Waals surface area (Å²) in [5, 5.41) is 10.8. The summed E-state index contributed by atoms with van der Waals surface area (Å²) in [7, 11) is 0. The summed E-state index contributed by atoms with van der Waals surface area (Å²) < 4.78 is 26.7. The van der Waals surface area contributed by atoms with Crippen molar-refractivity contribution in [2.75, 3.05) is 17.2 Å². The van der Waals surface area contributed by atoms with Gasteiger partial charge in [0.15, 0.2) is 0 Å². The third-order valence-electron chi connectivity index (χ3n) is 5.12. The van der Waals surface area contributed by atoms with Gasteiger partial charge in [-0.1, -0.05) is 36.0 Å². The van der Waals surface area contributed by atoms with Gasteiger partial charge in [-0.05, 0) is 48.5 Å². The van der Waals surface area contributed by atoms with Gasteiger partial charge in [-0.25, -0.2) is 8.78 Å². The van der Waals surface area contributed by atoms with E-state index in [1.54, 1.807) is 12.1 Å². The molecule has 1 aromatic heterocycles. The molecular weight excluding hydrogens is 458 g/mol. The van der Waals surface area contributed by atoms with Gasteiger partial charge in [-0.15, -0.1) is 10.2 Å². The highest BCUT2D eigenvalue weighted by Gasteiger charge is 2.19. The zero-order chi connectivity index (χ0) is 24.1. The summed E-state index contributed by atoms with van der Waals surface area (Å²) in [6.45, 7) is 0.0797. The minimum atomic E-state index is -0.541. The first-order chi connectivity index (χ1) is 16.4. The van der Waals surface area contributed by atoms with Crippen LogP contribution in [0.3, 0.4) is 0 Å². The molecule has 0 saturated carbocycles. The molecule has 0 fully saturated rings. The van der Waals surface area contributed by atoms with Gasteiger partial charge in [0.1, 0.15) is 22.4 Å². The lowest BCUT2D eigenvalue weighted by Gasteiger charge is -2.22. The lowest BCUT2D eigenvalue weighted by atomic mass is 10.1. The number of hydrogen-bond acceptors (Lipinski definition) is 5. The minimum absolute atomic E-state index is 0.0186. The van der Waals surface area contributed by atoms with Crippen LogP contribution < -0.4 is 10.6 Å². The number of thioether (sulfide) groups is 1. The Morgan fingerprint density at radius 2 is 1.47 bits per heavy atom. The van der Waals surface area contributed by atoms with E-state index < -0.39 is 11.7 Å². The van der Waals surface area contributed by atoms with Crippen molar-refractivity contribution >= 4 is 40.0 Å². The lowest BCUT2D eigenvalue weighted by Crippen LogP contribution is -2.35. The van der Waals surface area contributed by atoms with Crippen molar-refractivity contribution in [3.8, 4) is 11.3 Å². The average Bonchev–Trinajstić information content (AvgIpc) is 2.84. The molecule has 1 heterocycles. The standard InChI is InChI=1S/C25H20F2N4O2S/c26-17-7-5-16(6-8-17)24-20-3-1-2-4-21(20)25(30-29-24)34-15-23(33)31(14-13-22(28)32)19-11-9-18(27)10-12-19/h1-12H,13-15H2,(H2,28,32). The number of halogens is 2. The Morgan fingerprint density at radius 3 is 2.12 bits per heavy atom. The summed E-state index contributed by atoms with van der Waals surface area (Å²) >= 11 is 1.21. The van der Waals surface area contributed by atoms with E-state index in [0.29, 0.717) is 16.4 Å². The van der Waals surface area contributed by atoms with E-state index in [2.05, 4.69) is 10.2 Å². The molecule has 3 aromatic carbocycles. The van der Waals surface area contributed by atoms with E-state index >= 15 is 0 Å². The van der Waals surface area contributed by atoms with Crippen LogP contribution >= 0.6 is 11.8 Å². The van der Waals surface area contributed by atoms with Gasteiger partial charge in [-0.2, -0.15) is 0 Å². The van der Waals surface area contributed by atoms with Crippen LogP contribution in [-0.2, 0) is 9.59 Å². The maximum absolute atomic E-state index is 13.3. The molecule has 4 aromatic rings. The van der Waals surface area contributed by atoms with Crippen molar-refractivity contribution in [1.29, 1.82) is 0 Å². The molecule has 0 radical (unpaired) electrons. The van der Waals surface area contributed by atoms with Gasteiger partial charge in [0.05, 0.1) is 5.75 Å². The summed E-state index contributed by atoms with van der Waals surface area (Å²) in [6, 6.07) is 19.0. The predicted octanol–water partition coefficient (Wildman–Crippen LogP) is 4.58. The highest BCUT2D eigenvalue weighted by atomic mass is 32.2. The highest BCUT2D eigenvalue weighted by molar-refractivity contribution is 8.00. The summed E-state index contributed by atoms with van der Waals surface area (Å²) in [4.78, 5) is 25.7. The highest BCUT2D eigenvalue weighted by Crippen LogP contribution is 2.32. The second-order valence-corrected chi connectivity index (χ2v) is 8.40. The molecule has 0 spiro atoms.